The Bertz CT molecular complexity index is 418. The Hall–Kier alpha value is -1.39. The molecule has 0 aromatic heterocycles. The van der Waals surface area contributed by atoms with Gasteiger partial charge in [0.15, 0.2) is 0 Å². The van der Waals surface area contributed by atoms with Crippen molar-refractivity contribution in [3.8, 4) is 0 Å². The Morgan fingerprint density at radius 3 is 2.67 bits per heavy atom. The summed E-state index contributed by atoms with van der Waals surface area (Å²) in [4.78, 5) is 13.3. The number of aliphatic carboxylic acids is 1. The van der Waals surface area contributed by atoms with E-state index in [0.717, 1.165) is 16.7 Å². The molecule has 18 heavy (non-hydrogen) atoms. The lowest BCUT2D eigenvalue weighted by Gasteiger charge is -2.26. The second-order valence-electron chi connectivity index (χ2n) is 4.57. The lowest BCUT2D eigenvalue weighted by atomic mass is 9.98. The van der Waals surface area contributed by atoms with Crippen LogP contribution in [0.2, 0.25) is 0 Å². The molecule has 0 radical (unpaired) electrons. The van der Waals surface area contributed by atoms with Gasteiger partial charge in [0.1, 0.15) is 6.04 Å². The molecule has 0 bridgehead atoms. The van der Waals surface area contributed by atoms with E-state index < -0.39 is 12.0 Å². The van der Waals surface area contributed by atoms with Crippen molar-refractivity contribution in [1.82, 2.24) is 4.90 Å². The summed E-state index contributed by atoms with van der Waals surface area (Å²) < 4.78 is 5.00. The van der Waals surface area contributed by atoms with Crippen molar-refractivity contribution in [3.05, 3.63) is 34.9 Å². The number of methoxy groups -OCH3 is 1. The Morgan fingerprint density at radius 1 is 1.44 bits per heavy atom. The number of ether oxygens (including phenoxy) is 1. The molecule has 1 aromatic rings. The fraction of sp³-hybridized carbons (Fsp3) is 0.500. The van der Waals surface area contributed by atoms with Crippen LogP contribution in [-0.4, -0.2) is 43.3 Å². The van der Waals surface area contributed by atoms with Gasteiger partial charge in [-0.1, -0.05) is 23.8 Å². The van der Waals surface area contributed by atoms with E-state index in [4.69, 9.17) is 4.74 Å². The number of aryl methyl sites for hydroxylation is 2. The second-order valence-corrected chi connectivity index (χ2v) is 4.57. The van der Waals surface area contributed by atoms with E-state index in [2.05, 4.69) is 0 Å². The van der Waals surface area contributed by atoms with E-state index in [0.29, 0.717) is 13.2 Å². The smallest absolute Gasteiger partial charge is 0.325 e. The molecule has 0 aliphatic carbocycles. The molecule has 4 heteroatoms. The van der Waals surface area contributed by atoms with Gasteiger partial charge in [-0.2, -0.15) is 0 Å². The summed E-state index contributed by atoms with van der Waals surface area (Å²) >= 11 is 0. The van der Waals surface area contributed by atoms with Crippen LogP contribution in [0.25, 0.3) is 0 Å². The molecule has 0 heterocycles. The molecule has 0 amide bonds. The minimum absolute atomic E-state index is 0.519. The predicted molar refractivity (Wildman–Crippen MR) is 70.8 cm³/mol. The van der Waals surface area contributed by atoms with Crippen LogP contribution in [0.3, 0.4) is 0 Å². The molecule has 0 saturated heterocycles. The Balaban J connectivity index is 3.04. The molecule has 0 saturated carbocycles. The third kappa shape index (κ3) is 3.55. The summed E-state index contributed by atoms with van der Waals surface area (Å²) in [6, 6.07) is 5.27. The fourth-order valence-corrected chi connectivity index (χ4v) is 1.98. The molecule has 0 spiro atoms. The fourth-order valence-electron chi connectivity index (χ4n) is 1.98. The van der Waals surface area contributed by atoms with Crippen molar-refractivity contribution in [3.63, 3.8) is 0 Å². The van der Waals surface area contributed by atoms with E-state index in [1.54, 1.807) is 19.1 Å². The molecule has 1 unspecified atom stereocenters. The lowest BCUT2D eigenvalue weighted by molar-refractivity contribution is -0.143. The van der Waals surface area contributed by atoms with Crippen LogP contribution in [0.5, 0.6) is 0 Å². The van der Waals surface area contributed by atoms with Crippen molar-refractivity contribution in [2.24, 2.45) is 0 Å². The molecule has 1 aromatic carbocycles. The number of likely N-dealkylation sites (N-methyl/N-ethyl adjacent to an activating group) is 1. The average Bonchev–Trinajstić information content (AvgIpc) is 2.30. The number of carbonyl (C=O) groups is 1. The average molecular weight is 251 g/mol. The first-order valence-corrected chi connectivity index (χ1v) is 5.96. The first-order valence-electron chi connectivity index (χ1n) is 5.96. The van der Waals surface area contributed by atoms with Gasteiger partial charge < -0.3 is 9.84 Å². The summed E-state index contributed by atoms with van der Waals surface area (Å²) in [5.41, 5.74) is 2.92. The van der Waals surface area contributed by atoms with Crippen molar-refractivity contribution < 1.29 is 14.6 Å². The first-order chi connectivity index (χ1) is 8.47. The minimum Gasteiger partial charge on any atom is -0.480 e. The zero-order chi connectivity index (χ0) is 13.7. The molecular weight excluding hydrogens is 230 g/mol. The maximum Gasteiger partial charge on any atom is 0.325 e. The van der Waals surface area contributed by atoms with Crippen LogP contribution >= 0.6 is 0 Å². The topological polar surface area (TPSA) is 49.8 Å². The molecule has 4 nitrogen and oxygen atoms in total. The normalized spacial score (nSPS) is 12.7. The molecule has 1 rings (SSSR count). The summed E-state index contributed by atoms with van der Waals surface area (Å²) in [6.07, 6.45) is 0. The predicted octanol–water partition coefficient (Wildman–Crippen LogP) is 2.01. The van der Waals surface area contributed by atoms with Gasteiger partial charge in [-0.25, -0.2) is 0 Å². The molecule has 1 N–H and O–H groups in total. The highest BCUT2D eigenvalue weighted by atomic mass is 16.5. The van der Waals surface area contributed by atoms with Crippen molar-refractivity contribution in [2.75, 3.05) is 27.3 Å². The van der Waals surface area contributed by atoms with Gasteiger partial charge in [-0.05, 0) is 32.0 Å². The van der Waals surface area contributed by atoms with Crippen LogP contribution in [-0.2, 0) is 9.53 Å². The van der Waals surface area contributed by atoms with Gasteiger partial charge in [-0.3, -0.25) is 9.69 Å². The van der Waals surface area contributed by atoms with E-state index in [9.17, 15) is 9.90 Å². The maximum absolute atomic E-state index is 11.5. The SMILES string of the molecule is COCCN(C)C(C(=O)O)c1cc(C)ccc1C. The Kier molecular flexibility index (Phi) is 5.31. The van der Waals surface area contributed by atoms with Crippen molar-refractivity contribution >= 4 is 5.97 Å². The van der Waals surface area contributed by atoms with Gasteiger partial charge in [0.2, 0.25) is 0 Å². The molecule has 0 fully saturated rings. The van der Waals surface area contributed by atoms with Gasteiger partial charge in [-0.15, -0.1) is 0 Å². The number of carboxylic acids is 1. The van der Waals surface area contributed by atoms with Gasteiger partial charge >= 0.3 is 5.97 Å². The quantitative estimate of drug-likeness (QED) is 0.840. The molecule has 100 valence electrons. The monoisotopic (exact) mass is 251 g/mol. The van der Waals surface area contributed by atoms with Gasteiger partial charge in [0, 0.05) is 13.7 Å². The molecular formula is C14H21NO3. The van der Waals surface area contributed by atoms with Crippen LogP contribution in [0.15, 0.2) is 18.2 Å². The van der Waals surface area contributed by atoms with Crippen LogP contribution in [0.1, 0.15) is 22.7 Å². The number of carboxylic acid groups (broad SMARTS) is 1. The molecule has 1 atom stereocenters. The Morgan fingerprint density at radius 2 is 2.11 bits per heavy atom. The lowest BCUT2D eigenvalue weighted by Crippen LogP contribution is -2.33. The third-order valence-corrected chi connectivity index (χ3v) is 3.05. The third-order valence-electron chi connectivity index (χ3n) is 3.05. The number of nitrogens with zero attached hydrogens (tertiary/aromatic N) is 1. The zero-order valence-corrected chi connectivity index (χ0v) is 11.4. The highest BCUT2D eigenvalue weighted by molar-refractivity contribution is 5.76. The van der Waals surface area contributed by atoms with Crippen LogP contribution in [0, 0.1) is 13.8 Å². The maximum atomic E-state index is 11.5. The number of hydrogen-bond acceptors (Lipinski definition) is 3. The summed E-state index contributed by atoms with van der Waals surface area (Å²) in [7, 11) is 3.42. The van der Waals surface area contributed by atoms with E-state index >= 15 is 0 Å². The molecule has 0 aliphatic rings. The number of benzene rings is 1. The van der Waals surface area contributed by atoms with E-state index in [-0.39, 0.29) is 0 Å². The van der Waals surface area contributed by atoms with Crippen LogP contribution < -0.4 is 0 Å². The van der Waals surface area contributed by atoms with E-state index in [1.165, 1.54) is 0 Å². The highest BCUT2D eigenvalue weighted by Gasteiger charge is 2.25. The number of rotatable bonds is 6. The summed E-state index contributed by atoms with van der Waals surface area (Å²) in [5.74, 6) is -0.831. The largest absolute Gasteiger partial charge is 0.480 e. The molecule has 0 aliphatic heterocycles. The van der Waals surface area contributed by atoms with Crippen molar-refractivity contribution in [2.45, 2.75) is 19.9 Å². The number of hydrogen-bond donors (Lipinski definition) is 1. The Labute approximate surface area is 108 Å². The second kappa shape index (κ2) is 6.52. The zero-order valence-electron chi connectivity index (χ0n) is 11.4. The van der Waals surface area contributed by atoms with E-state index in [1.807, 2.05) is 32.0 Å². The minimum atomic E-state index is -0.831. The summed E-state index contributed by atoms with van der Waals surface area (Å²) in [5, 5.41) is 9.43. The van der Waals surface area contributed by atoms with Gasteiger partial charge in [0.25, 0.3) is 0 Å². The summed E-state index contributed by atoms with van der Waals surface area (Å²) in [6.45, 7) is 5.01. The van der Waals surface area contributed by atoms with Crippen LogP contribution in [0.4, 0.5) is 0 Å². The standard InChI is InChI=1S/C14H21NO3/c1-10-5-6-11(2)12(9-10)13(14(16)17)15(3)7-8-18-4/h5-6,9,13H,7-8H2,1-4H3,(H,16,17). The first kappa shape index (κ1) is 14.7. The van der Waals surface area contributed by atoms with Gasteiger partial charge in [0.05, 0.1) is 6.61 Å². The highest BCUT2D eigenvalue weighted by Crippen LogP contribution is 2.24. The van der Waals surface area contributed by atoms with Crippen molar-refractivity contribution in [1.29, 1.82) is 0 Å².